The minimum Gasteiger partial charge on any atom is -0.245 e. The molecule has 1 heterocycles. The van der Waals surface area contributed by atoms with Gasteiger partial charge in [-0.15, -0.1) is 11.6 Å². The van der Waals surface area contributed by atoms with Gasteiger partial charge >= 0.3 is 0 Å². The highest BCUT2D eigenvalue weighted by atomic mass is 35.5. The molecule has 3 heteroatoms. The maximum atomic E-state index is 5.94. The maximum Gasteiger partial charge on any atom is 0.115 e. The van der Waals surface area contributed by atoms with Gasteiger partial charge < -0.3 is 0 Å². The fourth-order valence-corrected chi connectivity index (χ4v) is 0.968. The molecule has 0 amide bonds. The Morgan fingerprint density at radius 3 is 3.00 bits per heavy atom. The van der Waals surface area contributed by atoms with Crippen LogP contribution in [-0.2, 0) is 6.42 Å². The van der Waals surface area contributed by atoms with E-state index in [1.165, 1.54) is 0 Å². The number of halogens is 1. The molecule has 0 N–H and O–H groups in total. The Kier molecular flexibility index (Phi) is 3.30. The summed E-state index contributed by atoms with van der Waals surface area (Å²) in [5, 5.41) is 0.199. The number of hydrogen-bond acceptors (Lipinski definition) is 2. The zero-order valence-corrected chi connectivity index (χ0v) is 7.25. The third-order valence-electron chi connectivity index (χ3n) is 1.52. The second-order valence-electron chi connectivity index (χ2n) is 2.41. The summed E-state index contributed by atoms with van der Waals surface area (Å²) in [5.41, 5.74) is 1.02. The van der Waals surface area contributed by atoms with Gasteiger partial charge in [-0.05, 0) is 12.5 Å². The van der Waals surface area contributed by atoms with Gasteiger partial charge in [0.1, 0.15) is 6.33 Å². The van der Waals surface area contributed by atoms with Gasteiger partial charge in [0, 0.05) is 23.7 Å². The van der Waals surface area contributed by atoms with Crippen LogP contribution in [0.1, 0.15) is 19.0 Å². The van der Waals surface area contributed by atoms with Crippen LogP contribution >= 0.6 is 11.6 Å². The molecule has 1 aromatic rings. The second kappa shape index (κ2) is 4.29. The Balaban J connectivity index is 2.51. The number of hydrogen-bond donors (Lipinski definition) is 0. The molecule has 0 aliphatic heterocycles. The summed E-state index contributed by atoms with van der Waals surface area (Å²) in [7, 11) is 0. The minimum atomic E-state index is 0.199. The van der Waals surface area contributed by atoms with Crippen molar-refractivity contribution in [1.29, 1.82) is 0 Å². The molecule has 0 aliphatic rings. The van der Waals surface area contributed by atoms with Gasteiger partial charge in [-0.1, -0.05) is 6.92 Å². The summed E-state index contributed by atoms with van der Waals surface area (Å²) < 4.78 is 0. The van der Waals surface area contributed by atoms with Gasteiger partial charge in [0.25, 0.3) is 0 Å². The molecule has 11 heavy (non-hydrogen) atoms. The maximum absolute atomic E-state index is 5.94. The van der Waals surface area contributed by atoms with E-state index in [1.54, 1.807) is 12.5 Å². The van der Waals surface area contributed by atoms with Crippen LogP contribution in [0.5, 0.6) is 0 Å². The van der Waals surface area contributed by atoms with Crippen molar-refractivity contribution in [3.63, 3.8) is 0 Å². The summed E-state index contributed by atoms with van der Waals surface area (Å²) in [5.74, 6) is 0. The largest absolute Gasteiger partial charge is 0.245 e. The van der Waals surface area contributed by atoms with Crippen molar-refractivity contribution in [3.8, 4) is 0 Å². The molecule has 1 rings (SSSR count). The molecule has 0 bridgehead atoms. The molecular formula is C8H11ClN2. The van der Waals surface area contributed by atoms with Crippen molar-refractivity contribution in [2.75, 3.05) is 0 Å². The summed E-state index contributed by atoms with van der Waals surface area (Å²) in [6.45, 7) is 2.07. The molecule has 1 unspecified atom stereocenters. The van der Waals surface area contributed by atoms with Crippen molar-refractivity contribution in [2.24, 2.45) is 0 Å². The van der Waals surface area contributed by atoms with Gasteiger partial charge in [-0.2, -0.15) is 0 Å². The third kappa shape index (κ3) is 2.85. The van der Waals surface area contributed by atoms with E-state index in [1.807, 2.05) is 6.07 Å². The fourth-order valence-electron chi connectivity index (χ4n) is 0.810. The standard InChI is InChI=1S/C8H11ClN2/c1-2-7(9)5-8-3-4-10-6-11-8/h3-4,6-7H,2,5H2,1H3. The summed E-state index contributed by atoms with van der Waals surface area (Å²) in [6, 6.07) is 1.89. The lowest BCUT2D eigenvalue weighted by Crippen LogP contribution is -2.02. The predicted octanol–water partition coefficient (Wildman–Crippen LogP) is 2.04. The Hall–Kier alpha value is -0.630. The molecule has 0 aliphatic carbocycles. The zero-order chi connectivity index (χ0) is 8.10. The Morgan fingerprint density at radius 2 is 2.45 bits per heavy atom. The average Bonchev–Trinajstić information content (AvgIpc) is 2.06. The lowest BCUT2D eigenvalue weighted by atomic mass is 10.2. The van der Waals surface area contributed by atoms with E-state index < -0.39 is 0 Å². The van der Waals surface area contributed by atoms with Crippen molar-refractivity contribution in [3.05, 3.63) is 24.3 Å². The smallest absolute Gasteiger partial charge is 0.115 e. The summed E-state index contributed by atoms with van der Waals surface area (Å²) in [6.07, 6.45) is 5.10. The van der Waals surface area contributed by atoms with E-state index >= 15 is 0 Å². The van der Waals surface area contributed by atoms with E-state index in [2.05, 4.69) is 16.9 Å². The molecule has 60 valence electrons. The van der Waals surface area contributed by atoms with Crippen LogP contribution < -0.4 is 0 Å². The molecule has 1 aromatic heterocycles. The SMILES string of the molecule is CCC(Cl)Cc1ccncn1. The number of alkyl halides is 1. The third-order valence-corrected chi connectivity index (χ3v) is 1.98. The molecule has 2 nitrogen and oxygen atoms in total. The van der Waals surface area contributed by atoms with Crippen molar-refractivity contribution >= 4 is 11.6 Å². The first-order valence-corrected chi connectivity index (χ1v) is 4.15. The van der Waals surface area contributed by atoms with Crippen LogP contribution in [0.4, 0.5) is 0 Å². The van der Waals surface area contributed by atoms with E-state index in [4.69, 9.17) is 11.6 Å². The first-order valence-electron chi connectivity index (χ1n) is 3.72. The Labute approximate surface area is 71.6 Å². The minimum absolute atomic E-state index is 0.199. The quantitative estimate of drug-likeness (QED) is 0.649. The highest BCUT2D eigenvalue weighted by Gasteiger charge is 2.02. The first-order chi connectivity index (χ1) is 5.33. The molecule has 0 radical (unpaired) electrons. The second-order valence-corrected chi connectivity index (χ2v) is 3.03. The fraction of sp³-hybridized carbons (Fsp3) is 0.500. The molecule has 0 saturated carbocycles. The summed E-state index contributed by atoms with van der Waals surface area (Å²) in [4.78, 5) is 7.90. The lowest BCUT2D eigenvalue weighted by Gasteiger charge is -2.03. The van der Waals surface area contributed by atoms with Gasteiger partial charge in [0.05, 0.1) is 0 Å². The summed E-state index contributed by atoms with van der Waals surface area (Å²) >= 11 is 5.94. The molecule has 0 saturated heterocycles. The zero-order valence-electron chi connectivity index (χ0n) is 6.50. The Morgan fingerprint density at radius 1 is 1.64 bits per heavy atom. The molecule has 0 spiro atoms. The van der Waals surface area contributed by atoms with Crippen LogP contribution in [-0.4, -0.2) is 15.3 Å². The van der Waals surface area contributed by atoms with Crippen LogP contribution in [0.15, 0.2) is 18.6 Å². The normalized spacial score (nSPS) is 12.9. The predicted molar refractivity (Wildman–Crippen MR) is 45.7 cm³/mol. The molecular weight excluding hydrogens is 160 g/mol. The topological polar surface area (TPSA) is 25.8 Å². The van der Waals surface area contributed by atoms with Crippen LogP contribution in [0, 0.1) is 0 Å². The monoisotopic (exact) mass is 170 g/mol. The van der Waals surface area contributed by atoms with Gasteiger partial charge in [0.15, 0.2) is 0 Å². The van der Waals surface area contributed by atoms with E-state index in [0.717, 1.165) is 18.5 Å². The van der Waals surface area contributed by atoms with E-state index in [0.29, 0.717) is 0 Å². The number of rotatable bonds is 3. The average molecular weight is 171 g/mol. The molecule has 1 atom stereocenters. The van der Waals surface area contributed by atoms with Gasteiger partial charge in [0.2, 0.25) is 0 Å². The lowest BCUT2D eigenvalue weighted by molar-refractivity contribution is 0.783. The van der Waals surface area contributed by atoms with Gasteiger partial charge in [-0.3, -0.25) is 0 Å². The highest BCUT2D eigenvalue weighted by molar-refractivity contribution is 6.20. The van der Waals surface area contributed by atoms with Crippen LogP contribution in [0.3, 0.4) is 0 Å². The molecule has 0 aromatic carbocycles. The van der Waals surface area contributed by atoms with Crippen molar-refractivity contribution in [1.82, 2.24) is 9.97 Å². The first kappa shape index (κ1) is 8.47. The van der Waals surface area contributed by atoms with Crippen molar-refractivity contribution in [2.45, 2.75) is 25.1 Å². The van der Waals surface area contributed by atoms with Crippen LogP contribution in [0.2, 0.25) is 0 Å². The van der Waals surface area contributed by atoms with Crippen molar-refractivity contribution < 1.29 is 0 Å². The van der Waals surface area contributed by atoms with E-state index in [-0.39, 0.29) is 5.38 Å². The molecule has 0 fully saturated rings. The van der Waals surface area contributed by atoms with E-state index in [9.17, 15) is 0 Å². The highest BCUT2D eigenvalue weighted by Crippen LogP contribution is 2.07. The van der Waals surface area contributed by atoms with Gasteiger partial charge in [-0.25, -0.2) is 9.97 Å². The van der Waals surface area contributed by atoms with Crippen LogP contribution in [0.25, 0.3) is 0 Å². The number of aromatic nitrogens is 2. The number of nitrogens with zero attached hydrogens (tertiary/aromatic N) is 2. The Bertz CT molecular complexity index is 201.